The predicted octanol–water partition coefficient (Wildman–Crippen LogP) is 3.18. The number of para-hydroxylation sites is 1. The number of piperidine rings is 1. The van der Waals surface area contributed by atoms with E-state index in [4.69, 9.17) is 9.47 Å². The third-order valence-corrected chi connectivity index (χ3v) is 4.70. The van der Waals surface area contributed by atoms with Gasteiger partial charge >= 0.3 is 0 Å². The van der Waals surface area contributed by atoms with Crippen molar-refractivity contribution in [1.82, 2.24) is 4.90 Å². The molecule has 0 aromatic heterocycles. The summed E-state index contributed by atoms with van der Waals surface area (Å²) in [4.78, 5) is 2.35. The first-order valence-corrected chi connectivity index (χ1v) is 9.19. The molecular formula is C18H28BrNO3. The van der Waals surface area contributed by atoms with Crippen LogP contribution in [0.5, 0.6) is 5.75 Å². The normalized spacial score (nSPS) is 23.7. The maximum atomic E-state index is 10.1. The van der Waals surface area contributed by atoms with Crippen molar-refractivity contribution in [1.29, 1.82) is 0 Å². The Morgan fingerprint density at radius 1 is 1.22 bits per heavy atom. The highest BCUT2D eigenvalue weighted by Crippen LogP contribution is 2.23. The molecule has 0 amide bonds. The van der Waals surface area contributed by atoms with Crippen LogP contribution in [0.25, 0.3) is 0 Å². The minimum absolute atomic E-state index is 0.360. The fourth-order valence-corrected chi connectivity index (χ4v) is 3.68. The molecule has 4 nitrogen and oxygen atoms in total. The maximum Gasteiger partial charge on any atom is 0.133 e. The Balaban J connectivity index is 1.58. The fourth-order valence-electron chi connectivity index (χ4n) is 3.28. The minimum atomic E-state index is -0.434. The average Bonchev–Trinajstić information content (AvgIpc) is 2.47. The van der Waals surface area contributed by atoms with Crippen molar-refractivity contribution in [3.63, 3.8) is 0 Å². The number of likely N-dealkylation sites (tertiary alicyclic amines) is 1. The van der Waals surface area contributed by atoms with Crippen molar-refractivity contribution in [2.24, 2.45) is 11.8 Å². The van der Waals surface area contributed by atoms with Crippen LogP contribution in [0.1, 0.15) is 20.3 Å². The first-order valence-electron chi connectivity index (χ1n) is 8.40. The van der Waals surface area contributed by atoms with Gasteiger partial charge in [-0.2, -0.15) is 0 Å². The number of halogens is 1. The number of β-amino-alcohol motifs (C(OH)–C–C–N with tert-alkyl or cyclic N) is 1. The number of nitrogens with zero attached hydrogens (tertiary/aromatic N) is 1. The van der Waals surface area contributed by atoms with E-state index < -0.39 is 6.10 Å². The zero-order chi connectivity index (χ0) is 16.7. The van der Waals surface area contributed by atoms with Gasteiger partial charge in [-0.05, 0) is 46.3 Å². The van der Waals surface area contributed by atoms with Crippen LogP contribution in [0.15, 0.2) is 28.7 Å². The number of hydrogen-bond acceptors (Lipinski definition) is 4. The summed E-state index contributed by atoms with van der Waals surface area (Å²) in [7, 11) is 0. The summed E-state index contributed by atoms with van der Waals surface area (Å²) in [6, 6.07) is 7.75. The molecule has 5 heteroatoms. The van der Waals surface area contributed by atoms with Crippen molar-refractivity contribution in [2.45, 2.75) is 26.4 Å². The number of ether oxygens (including phenoxy) is 2. The number of hydrogen-bond donors (Lipinski definition) is 1. The van der Waals surface area contributed by atoms with Gasteiger partial charge in [0.2, 0.25) is 0 Å². The van der Waals surface area contributed by atoms with Gasteiger partial charge in [0.25, 0.3) is 0 Å². The maximum absolute atomic E-state index is 10.1. The molecule has 1 aromatic carbocycles. The van der Waals surface area contributed by atoms with Crippen LogP contribution in [0.4, 0.5) is 0 Å². The Morgan fingerprint density at radius 3 is 2.61 bits per heavy atom. The Labute approximate surface area is 147 Å². The van der Waals surface area contributed by atoms with E-state index in [1.807, 2.05) is 24.3 Å². The van der Waals surface area contributed by atoms with Crippen LogP contribution in [0.3, 0.4) is 0 Å². The molecule has 1 aliphatic rings. The van der Waals surface area contributed by atoms with E-state index in [1.165, 1.54) is 6.42 Å². The van der Waals surface area contributed by atoms with Crippen LogP contribution in [-0.2, 0) is 4.74 Å². The van der Waals surface area contributed by atoms with Gasteiger partial charge in [0.15, 0.2) is 0 Å². The zero-order valence-electron chi connectivity index (χ0n) is 14.1. The van der Waals surface area contributed by atoms with Crippen molar-refractivity contribution in [2.75, 3.05) is 39.5 Å². The molecule has 3 atom stereocenters. The van der Waals surface area contributed by atoms with Gasteiger partial charge in [0, 0.05) is 19.6 Å². The van der Waals surface area contributed by atoms with Crippen LogP contribution >= 0.6 is 15.9 Å². The molecule has 0 unspecified atom stereocenters. The molecule has 1 heterocycles. The quantitative estimate of drug-likeness (QED) is 0.697. The standard InChI is InChI=1S/C18H28BrNO3/c1-14-9-15(2)11-20(10-14)12-16(21)13-22-7-8-23-18-6-4-3-5-17(18)19/h3-6,14-16,21H,7-13H2,1-2H3/t14-,15-,16-/m0/s1. The summed E-state index contributed by atoms with van der Waals surface area (Å²) in [5, 5.41) is 10.1. The lowest BCUT2D eigenvalue weighted by molar-refractivity contribution is -0.00215. The van der Waals surface area contributed by atoms with Crippen LogP contribution in [0, 0.1) is 11.8 Å². The molecule has 0 bridgehead atoms. The molecule has 0 saturated carbocycles. The van der Waals surface area contributed by atoms with Crippen LogP contribution in [0.2, 0.25) is 0 Å². The lowest BCUT2D eigenvalue weighted by Crippen LogP contribution is -2.43. The monoisotopic (exact) mass is 385 g/mol. The second-order valence-corrected chi connectivity index (χ2v) is 7.53. The number of aliphatic hydroxyl groups excluding tert-OH is 1. The summed E-state index contributed by atoms with van der Waals surface area (Å²) >= 11 is 3.44. The molecule has 1 saturated heterocycles. The first-order chi connectivity index (χ1) is 11.0. The molecule has 1 aliphatic heterocycles. The molecule has 0 radical (unpaired) electrons. The fraction of sp³-hybridized carbons (Fsp3) is 0.667. The first kappa shape index (κ1) is 18.7. The highest BCUT2D eigenvalue weighted by molar-refractivity contribution is 9.10. The molecule has 23 heavy (non-hydrogen) atoms. The zero-order valence-corrected chi connectivity index (χ0v) is 15.7. The van der Waals surface area contributed by atoms with Crippen LogP contribution < -0.4 is 4.74 Å². The van der Waals surface area contributed by atoms with Gasteiger partial charge in [0.05, 0.1) is 23.8 Å². The highest BCUT2D eigenvalue weighted by Gasteiger charge is 2.23. The average molecular weight is 386 g/mol. The molecule has 130 valence electrons. The second-order valence-electron chi connectivity index (χ2n) is 6.67. The minimum Gasteiger partial charge on any atom is -0.490 e. The van der Waals surface area contributed by atoms with E-state index >= 15 is 0 Å². The topological polar surface area (TPSA) is 41.9 Å². The van der Waals surface area contributed by atoms with E-state index in [-0.39, 0.29) is 0 Å². The predicted molar refractivity (Wildman–Crippen MR) is 95.8 cm³/mol. The van der Waals surface area contributed by atoms with E-state index in [1.54, 1.807) is 0 Å². The molecule has 0 spiro atoms. The van der Waals surface area contributed by atoms with Crippen molar-refractivity contribution in [3.05, 3.63) is 28.7 Å². The third-order valence-electron chi connectivity index (χ3n) is 4.05. The summed E-state index contributed by atoms with van der Waals surface area (Å²) in [6.07, 6.45) is 0.853. The Bertz CT molecular complexity index is 461. The molecule has 1 N–H and O–H groups in total. The van der Waals surface area contributed by atoms with Gasteiger partial charge in [-0.3, -0.25) is 0 Å². The number of rotatable bonds is 8. The van der Waals surface area contributed by atoms with Gasteiger partial charge in [-0.25, -0.2) is 0 Å². The second kappa shape index (κ2) is 9.62. The molecule has 2 rings (SSSR count). The summed E-state index contributed by atoms with van der Waals surface area (Å²) in [5.41, 5.74) is 0. The molecule has 0 aliphatic carbocycles. The molecule has 1 aromatic rings. The Morgan fingerprint density at radius 2 is 1.91 bits per heavy atom. The SMILES string of the molecule is C[C@H]1C[C@H](C)CN(C[C@H](O)COCCOc2ccccc2Br)C1. The smallest absolute Gasteiger partial charge is 0.133 e. The van der Waals surface area contributed by atoms with Gasteiger partial charge < -0.3 is 19.5 Å². The van der Waals surface area contributed by atoms with E-state index in [0.29, 0.717) is 38.2 Å². The summed E-state index contributed by atoms with van der Waals surface area (Å²) < 4.78 is 12.1. The van der Waals surface area contributed by atoms with Crippen molar-refractivity contribution in [3.8, 4) is 5.75 Å². The van der Waals surface area contributed by atoms with E-state index in [9.17, 15) is 5.11 Å². The van der Waals surface area contributed by atoms with Gasteiger partial charge in [-0.1, -0.05) is 26.0 Å². The number of benzene rings is 1. The summed E-state index contributed by atoms with van der Waals surface area (Å²) in [6.45, 7) is 8.73. The third kappa shape index (κ3) is 6.79. The van der Waals surface area contributed by atoms with E-state index in [2.05, 4.69) is 34.7 Å². The van der Waals surface area contributed by atoms with Crippen molar-refractivity contribution < 1.29 is 14.6 Å². The lowest BCUT2D eigenvalue weighted by atomic mass is 9.92. The van der Waals surface area contributed by atoms with Gasteiger partial charge in [0.1, 0.15) is 12.4 Å². The Hall–Kier alpha value is -0.620. The lowest BCUT2D eigenvalue weighted by Gasteiger charge is -2.35. The van der Waals surface area contributed by atoms with Crippen LogP contribution in [-0.4, -0.2) is 55.6 Å². The highest BCUT2D eigenvalue weighted by atomic mass is 79.9. The van der Waals surface area contributed by atoms with Crippen molar-refractivity contribution >= 4 is 15.9 Å². The largest absolute Gasteiger partial charge is 0.490 e. The van der Waals surface area contributed by atoms with Gasteiger partial charge in [-0.15, -0.1) is 0 Å². The Kier molecular flexibility index (Phi) is 7.83. The number of aliphatic hydroxyl groups is 1. The molecule has 1 fully saturated rings. The molecular weight excluding hydrogens is 358 g/mol. The van der Waals surface area contributed by atoms with E-state index in [0.717, 1.165) is 23.3 Å². The summed E-state index contributed by atoms with van der Waals surface area (Å²) in [5.74, 6) is 2.24.